The zero-order valence-electron chi connectivity index (χ0n) is 12.7. The van der Waals surface area contributed by atoms with Crippen molar-refractivity contribution in [1.29, 1.82) is 0 Å². The van der Waals surface area contributed by atoms with Gasteiger partial charge in [0.25, 0.3) is 0 Å². The summed E-state index contributed by atoms with van der Waals surface area (Å²) in [7, 11) is 0. The molecular formula is C14H27N3O3. The average molecular weight is 285 g/mol. The molecule has 0 aliphatic carbocycles. The van der Waals surface area contributed by atoms with Crippen molar-refractivity contribution < 1.29 is 14.7 Å². The van der Waals surface area contributed by atoms with Gasteiger partial charge in [-0.05, 0) is 32.1 Å². The first-order chi connectivity index (χ1) is 9.28. The van der Waals surface area contributed by atoms with Gasteiger partial charge in [-0.1, -0.05) is 13.8 Å². The van der Waals surface area contributed by atoms with E-state index in [1.807, 2.05) is 11.8 Å². The number of nitrogens with zero attached hydrogens (tertiary/aromatic N) is 1. The van der Waals surface area contributed by atoms with E-state index in [1.54, 1.807) is 0 Å². The van der Waals surface area contributed by atoms with Crippen molar-refractivity contribution in [2.24, 2.45) is 5.92 Å². The smallest absolute Gasteiger partial charge is 0.321 e. The molecule has 0 aromatic carbocycles. The van der Waals surface area contributed by atoms with E-state index in [1.165, 1.54) is 0 Å². The van der Waals surface area contributed by atoms with Crippen molar-refractivity contribution in [2.45, 2.75) is 45.6 Å². The summed E-state index contributed by atoms with van der Waals surface area (Å²) in [4.78, 5) is 25.1. The second kappa shape index (κ2) is 7.59. The van der Waals surface area contributed by atoms with Crippen LogP contribution in [0.1, 0.15) is 40.0 Å². The minimum absolute atomic E-state index is 0.202. The van der Waals surface area contributed by atoms with Gasteiger partial charge >= 0.3 is 6.03 Å². The molecule has 0 atom stereocenters. The fraction of sp³-hybridized carbons (Fsp3) is 0.857. The van der Waals surface area contributed by atoms with Crippen LogP contribution >= 0.6 is 0 Å². The second-order valence-electron chi connectivity index (χ2n) is 6.26. The normalized spacial score (nSPS) is 18.9. The van der Waals surface area contributed by atoms with Gasteiger partial charge in [0.15, 0.2) is 0 Å². The third kappa shape index (κ3) is 6.86. The lowest BCUT2D eigenvalue weighted by atomic mass is 9.94. The van der Waals surface area contributed by atoms with Gasteiger partial charge in [0.05, 0.1) is 12.1 Å². The molecule has 0 aromatic rings. The van der Waals surface area contributed by atoms with Crippen LogP contribution < -0.4 is 10.6 Å². The highest BCUT2D eigenvalue weighted by Crippen LogP contribution is 2.20. The Balaban J connectivity index is 2.18. The summed E-state index contributed by atoms with van der Waals surface area (Å²) in [6.07, 6.45) is 2.20. The molecule has 116 valence electrons. The molecule has 1 aliphatic heterocycles. The summed E-state index contributed by atoms with van der Waals surface area (Å²) in [6, 6.07) is -0.431. The van der Waals surface area contributed by atoms with E-state index in [-0.39, 0.29) is 12.5 Å². The molecular weight excluding hydrogens is 258 g/mol. The van der Waals surface area contributed by atoms with Gasteiger partial charge in [0.2, 0.25) is 5.91 Å². The quantitative estimate of drug-likeness (QED) is 0.695. The first-order valence-corrected chi connectivity index (χ1v) is 7.31. The number of nitrogens with one attached hydrogen (secondary N) is 2. The number of piperidine rings is 1. The number of imide groups is 1. The molecule has 6 nitrogen and oxygen atoms in total. The Labute approximate surface area is 120 Å². The summed E-state index contributed by atoms with van der Waals surface area (Å²) in [5.74, 6) is 0.223. The van der Waals surface area contributed by atoms with E-state index < -0.39 is 11.6 Å². The van der Waals surface area contributed by atoms with Crippen molar-refractivity contribution in [3.63, 3.8) is 0 Å². The molecule has 1 heterocycles. The van der Waals surface area contributed by atoms with Crippen LogP contribution in [0.3, 0.4) is 0 Å². The molecule has 0 aromatic heterocycles. The van der Waals surface area contributed by atoms with Crippen LogP contribution in [0.5, 0.6) is 0 Å². The van der Waals surface area contributed by atoms with E-state index in [0.717, 1.165) is 6.42 Å². The SMILES string of the molecule is CC(C)CCNC(=O)NC(=O)CN1CCC(C)(O)CC1. The van der Waals surface area contributed by atoms with Crippen molar-refractivity contribution in [3.8, 4) is 0 Å². The zero-order chi connectivity index (χ0) is 15.2. The van der Waals surface area contributed by atoms with E-state index in [4.69, 9.17) is 0 Å². The van der Waals surface area contributed by atoms with E-state index in [0.29, 0.717) is 38.4 Å². The number of hydrogen-bond donors (Lipinski definition) is 3. The van der Waals surface area contributed by atoms with Gasteiger partial charge in [-0.15, -0.1) is 0 Å². The highest BCUT2D eigenvalue weighted by molar-refractivity contribution is 5.95. The number of likely N-dealkylation sites (tertiary alicyclic amines) is 1. The second-order valence-corrected chi connectivity index (χ2v) is 6.26. The van der Waals surface area contributed by atoms with E-state index in [2.05, 4.69) is 24.5 Å². The Morgan fingerprint density at radius 1 is 1.30 bits per heavy atom. The molecule has 0 saturated carbocycles. The van der Waals surface area contributed by atoms with Crippen LogP contribution in [0.2, 0.25) is 0 Å². The Bertz CT molecular complexity index is 333. The minimum atomic E-state index is -0.624. The van der Waals surface area contributed by atoms with Gasteiger partial charge in [-0.3, -0.25) is 15.0 Å². The fourth-order valence-corrected chi connectivity index (χ4v) is 2.08. The highest BCUT2D eigenvalue weighted by atomic mass is 16.3. The number of rotatable bonds is 5. The minimum Gasteiger partial charge on any atom is -0.390 e. The molecule has 3 amide bonds. The Hall–Kier alpha value is -1.14. The summed E-state index contributed by atoms with van der Waals surface area (Å²) in [5.41, 5.74) is -0.624. The predicted octanol–water partition coefficient (Wildman–Crippen LogP) is 0.705. The Morgan fingerprint density at radius 2 is 1.90 bits per heavy atom. The van der Waals surface area contributed by atoms with Gasteiger partial charge in [-0.25, -0.2) is 4.79 Å². The number of amides is 3. The maximum Gasteiger partial charge on any atom is 0.321 e. The number of urea groups is 1. The third-order valence-electron chi connectivity index (χ3n) is 3.56. The van der Waals surface area contributed by atoms with Crippen LogP contribution in [-0.4, -0.2) is 53.7 Å². The lowest BCUT2D eigenvalue weighted by molar-refractivity contribution is -0.122. The van der Waals surface area contributed by atoms with Crippen molar-refractivity contribution in [2.75, 3.05) is 26.2 Å². The zero-order valence-corrected chi connectivity index (χ0v) is 12.7. The molecule has 0 bridgehead atoms. The van der Waals surface area contributed by atoms with Crippen LogP contribution in [0.4, 0.5) is 4.79 Å². The lowest BCUT2D eigenvalue weighted by Gasteiger charge is -2.35. The number of aliphatic hydroxyl groups is 1. The Morgan fingerprint density at radius 3 is 2.45 bits per heavy atom. The van der Waals surface area contributed by atoms with Gasteiger partial charge in [0.1, 0.15) is 0 Å². The summed E-state index contributed by atoms with van der Waals surface area (Å²) in [6.45, 7) is 8.10. The summed E-state index contributed by atoms with van der Waals surface area (Å²) in [5, 5.41) is 14.8. The molecule has 1 saturated heterocycles. The molecule has 20 heavy (non-hydrogen) atoms. The topological polar surface area (TPSA) is 81.7 Å². The standard InChI is InChI=1S/C14H27N3O3/c1-11(2)4-7-15-13(19)16-12(18)10-17-8-5-14(3,20)6-9-17/h11,20H,4-10H2,1-3H3,(H2,15,16,18,19). The molecule has 1 rings (SSSR count). The van der Waals surface area contributed by atoms with Gasteiger partial charge in [-0.2, -0.15) is 0 Å². The first kappa shape index (κ1) is 16.9. The van der Waals surface area contributed by atoms with Crippen molar-refractivity contribution >= 4 is 11.9 Å². The largest absolute Gasteiger partial charge is 0.390 e. The number of carbonyl (C=O) groups excluding carboxylic acids is 2. The fourth-order valence-electron chi connectivity index (χ4n) is 2.08. The van der Waals surface area contributed by atoms with Gasteiger partial charge < -0.3 is 10.4 Å². The average Bonchev–Trinajstić information content (AvgIpc) is 2.31. The van der Waals surface area contributed by atoms with Gasteiger partial charge in [0, 0.05) is 19.6 Å². The number of carbonyl (C=O) groups is 2. The molecule has 1 aliphatic rings. The molecule has 3 N–H and O–H groups in total. The monoisotopic (exact) mass is 285 g/mol. The molecule has 6 heteroatoms. The maximum absolute atomic E-state index is 11.7. The van der Waals surface area contributed by atoms with E-state index in [9.17, 15) is 14.7 Å². The highest BCUT2D eigenvalue weighted by Gasteiger charge is 2.28. The van der Waals surface area contributed by atoms with Crippen molar-refractivity contribution in [3.05, 3.63) is 0 Å². The Kier molecular flexibility index (Phi) is 6.42. The van der Waals surface area contributed by atoms with Crippen LogP contribution in [-0.2, 0) is 4.79 Å². The maximum atomic E-state index is 11.7. The first-order valence-electron chi connectivity index (χ1n) is 7.31. The van der Waals surface area contributed by atoms with Crippen molar-refractivity contribution in [1.82, 2.24) is 15.5 Å². The van der Waals surface area contributed by atoms with Crippen LogP contribution in [0.25, 0.3) is 0 Å². The van der Waals surface area contributed by atoms with Crippen LogP contribution in [0, 0.1) is 5.92 Å². The predicted molar refractivity (Wildman–Crippen MR) is 77.3 cm³/mol. The number of hydrogen-bond acceptors (Lipinski definition) is 4. The summed E-state index contributed by atoms with van der Waals surface area (Å²) < 4.78 is 0. The molecule has 0 unspecified atom stereocenters. The molecule has 0 spiro atoms. The lowest BCUT2D eigenvalue weighted by Crippen LogP contribution is -2.48. The third-order valence-corrected chi connectivity index (χ3v) is 3.56. The van der Waals surface area contributed by atoms with E-state index >= 15 is 0 Å². The van der Waals surface area contributed by atoms with Crippen LogP contribution in [0.15, 0.2) is 0 Å². The molecule has 0 radical (unpaired) electrons. The molecule has 1 fully saturated rings. The summed E-state index contributed by atoms with van der Waals surface area (Å²) >= 11 is 0.